The summed E-state index contributed by atoms with van der Waals surface area (Å²) in [7, 11) is 0. The number of hydrogen-bond donors (Lipinski definition) is 1. The second-order valence-corrected chi connectivity index (χ2v) is 4.61. The molecular weight excluding hydrogens is 219 g/mol. The van der Waals surface area contributed by atoms with Crippen LogP contribution in [0.2, 0.25) is 0 Å². The lowest BCUT2D eigenvalue weighted by molar-refractivity contribution is 0.186. The summed E-state index contributed by atoms with van der Waals surface area (Å²) in [6, 6.07) is 5.73. The monoisotopic (exact) mass is 236 g/mol. The van der Waals surface area contributed by atoms with Gasteiger partial charge >= 0.3 is 6.03 Å². The normalized spacial score (nSPS) is 16.9. The van der Waals surface area contributed by atoms with Crippen LogP contribution in [0.15, 0.2) is 24.3 Å². The number of nitrogens with zero attached hydrogens (tertiary/aromatic N) is 1. The van der Waals surface area contributed by atoms with Crippen LogP contribution in [-0.2, 0) is 0 Å². The van der Waals surface area contributed by atoms with E-state index >= 15 is 0 Å². The molecule has 0 aromatic heterocycles. The molecule has 1 saturated heterocycles. The molecule has 1 heterocycles. The van der Waals surface area contributed by atoms with Crippen LogP contribution < -0.4 is 5.32 Å². The van der Waals surface area contributed by atoms with E-state index in [1.54, 1.807) is 12.1 Å². The lowest BCUT2D eigenvalue weighted by atomic mass is 10.00. The van der Waals surface area contributed by atoms with E-state index in [1.807, 2.05) is 4.90 Å². The Labute approximate surface area is 101 Å². The molecule has 0 unspecified atom stereocenters. The number of halogens is 1. The summed E-state index contributed by atoms with van der Waals surface area (Å²) >= 11 is 0. The summed E-state index contributed by atoms with van der Waals surface area (Å²) < 4.78 is 12.7. The Morgan fingerprint density at radius 2 is 1.88 bits per heavy atom. The van der Waals surface area contributed by atoms with E-state index in [0.29, 0.717) is 11.6 Å². The maximum absolute atomic E-state index is 12.7. The zero-order chi connectivity index (χ0) is 12.3. The summed E-state index contributed by atoms with van der Waals surface area (Å²) in [5.41, 5.74) is 0.634. The second kappa shape index (κ2) is 5.17. The highest BCUT2D eigenvalue weighted by Gasteiger charge is 2.19. The standard InChI is InChI=1S/C13H17FN2O/c1-10-6-8-16(9-7-10)13(17)15-12-4-2-11(14)3-5-12/h2-5,10H,6-9H2,1H3,(H,15,17). The predicted molar refractivity (Wildman–Crippen MR) is 65.4 cm³/mol. The molecule has 0 radical (unpaired) electrons. The van der Waals surface area contributed by atoms with Gasteiger partial charge in [-0.05, 0) is 43.0 Å². The van der Waals surface area contributed by atoms with Gasteiger partial charge in [0.15, 0.2) is 0 Å². The van der Waals surface area contributed by atoms with Gasteiger partial charge in [0.25, 0.3) is 0 Å². The van der Waals surface area contributed by atoms with Crippen LogP contribution in [-0.4, -0.2) is 24.0 Å². The van der Waals surface area contributed by atoms with Gasteiger partial charge in [0.2, 0.25) is 0 Å². The fourth-order valence-electron chi connectivity index (χ4n) is 1.95. The van der Waals surface area contributed by atoms with Crippen molar-refractivity contribution in [3.05, 3.63) is 30.1 Å². The highest BCUT2D eigenvalue weighted by atomic mass is 19.1. The van der Waals surface area contributed by atoms with Gasteiger partial charge in [-0.25, -0.2) is 9.18 Å². The lowest BCUT2D eigenvalue weighted by Gasteiger charge is -2.30. The Hall–Kier alpha value is -1.58. The molecular formula is C13H17FN2O. The van der Waals surface area contributed by atoms with E-state index in [-0.39, 0.29) is 11.8 Å². The number of rotatable bonds is 1. The third-order valence-corrected chi connectivity index (χ3v) is 3.17. The summed E-state index contributed by atoms with van der Waals surface area (Å²) in [6.45, 7) is 3.80. The molecule has 17 heavy (non-hydrogen) atoms. The molecule has 0 bridgehead atoms. The van der Waals surface area contributed by atoms with Crippen molar-refractivity contribution in [3.8, 4) is 0 Å². The third kappa shape index (κ3) is 3.19. The number of carbonyl (C=O) groups excluding carboxylic acids is 1. The van der Waals surface area contributed by atoms with E-state index in [4.69, 9.17) is 0 Å². The molecule has 2 rings (SSSR count). The summed E-state index contributed by atoms with van der Waals surface area (Å²) in [4.78, 5) is 13.7. The van der Waals surface area contributed by atoms with Crippen molar-refractivity contribution in [2.75, 3.05) is 18.4 Å². The molecule has 0 saturated carbocycles. The number of amides is 2. The van der Waals surface area contributed by atoms with Crippen molar-refractivity contribution >= 4 is 11.7 Å². The van der Waals surface area contributed by atoms with E-state index in [9.17, 15) is 9.18 Å². The van der Waals surface area contributed by atoms with Gasteiger partial charge in [0.05, 0.1) is 0 Å². The Morgan fingerprint density at radius 1 is 1.29 bits per heavy atom. The average Bonchev–Trinajstić information content (AvgIpc) is 2.33. The van der Waals surface area contributed by atoms with Crippen LogP contribution in [0.1, 0.15) is 19.8 Å². The molecule has 4 heteroatoms. The number of benzene rings is 1. The molecule has 1 aromatic rings. The molecule has 1 N–H and O–H groups in total. The number of nitrogens with one attached hydrogen (secondary N) is 1. The van der Waals surface area contributed by atoms with Gasteiger partial charge in [0, 0.05) is 18.8 Å². The highest BCUT2D eigenvalue weighted by Crippen LogP contribution is 2.17. The Kier molecular flexibility index (Phi) is 3.61. The SMILES string of the molecule is CC1CCN(C(=O)Nc2ccc(F)cc2)CC1. The number of hydrogen-bond acceptors (Lipinski definition) is 1. The molecule has 1 aliphatic rings. The van der Waals surface area contributed by atoms with E-state index < -0.39 is 0 Å². The second-order valence-electron chi connectivity index (χ2n) is 4.61. The van der Waals surface area contributed by atoms with Crippen LogP contribution in [0.5, 0.6) is 0 Å². The van der Waals surface area contributed by atoms with Crippen molar-refractivity contribution in [2.45, 2.75) is 19.8 Å². The minimum atomic E-state index is -0.296. The summed E-state index contributed by atoms with van der Waals surface area (Å²) in [5.74, 6) is 0.402. The molecule has 92 valence electrons. The molecule has 1 aliphatic heterocycles. The van der Waals surface area contributed by atoms with Gasteiger partial charge in [-0.2, -0.15) is 0 Å². The van der Waals surface area contributed by atoms with Crippen LogP contribution >= 0.6 is 0 Å². The molecule has 0 spiro atoms. The first-order chi connectivity index (χ1) is 8.15. The van der Waals surface area contributed by atoms with Gasteiger partial charge < -0.3 is 10.2 Å². The van der Waals surface area contributed by atoms with Crippen molar-refractivity contribution in [1.82, 2.24) is 4.90 Å². The molecule has 0 aliphatic carbocycles. The number of piperidine rings is 1. The first kappa shape index (κ1) is 11.9. The van der Waals surface area contributed by atoms with Crippen molar-refractivity contribution in [1.29, 1.82) is 0 Å². The quantitative estimate of drug-likeness (QED) is 0.798. The van der Waals surface area contributed by atoms with Crippen LogP contribution in [0.3, 0.4) is 0 Å². The van der Waals surface area contributed by atoms with Gasteiger partial charge in [-0.1, -0.05) is 6.92 Å². The zero-order valence-corrected chi connectivity index (χ0v) is 9.95. The topological polar surface area (TPSA) is 32.3 Å². The van der Waals surface area contributed by atoms with Gasteiger partial charge in [0.1, 0.15) is 5.82 Å². The fourth-order valence-corrected chi connectivity index (χ4v) is 1.95. The van der Waals surface area contributed by atoms with Crippen LogP contribution in [0, 0.1) is 11.7 Å². The maximum atomic E-state index is 12.7. The minimum Gasteiger partial charge on any atom is -0.325 e. The van der Waals surface area contributed by atoms with E-state index in [2.05, 4.69) is 12.2 Å². The molecule has 3 nitrogen and oxygen atoms in total. The smallest absolute Gasteiger partial charge is 0.321 e. The van der Waals surface area contributed by atoms with Gasteiger partial charge in [-0.15, -0.1) is 0 Å². The third-order valence-electron chi connectivity index (χ3n) is 3.17. The zero-order valence-electron chi connectivity index (χ0n) is 9.95. The predicted octanol–water partition coefficient (Wildman–Crippen LogP) is 3.09. The Balaban J connectivity index is 1.90. The minimum absolute atomic E-state index is 0.0940. The van der Waals surface area contributed by atoms with Crippen LogP contribution in [0.4, 0.5) is 14.9 Å². The van der Waals surface area contributed by atoms with Crippen molar-refractivity contribution < 1.29 is 9.18 Å². The first-order valence-corrected chi connectivity index (χ1v) is 5.96. The fraction of sp³-hybridized carbons (Fsp3) is 0.462. The number of carbonyl (C=O) groups is 1. The average molecular weight is 236 g/mol. The first-order valence-electron chi connectivity index (χ1n) is 5.96. The van der Waals surface area contributed by atoms with Crippen molar-refractivity contribution in [2.24, 2.45) is 5.92 Å². The number of anilines is 1. The summed E-state index contributed by atoms with van der Waals surface area (Å²) in [6.07, 6.45) is 2.10. The molecule has 0 atom stereocenters. The van der Waals surface area contributed by atoms with E-state index in [0.717, 1.165) is 25.9 Å². The molecule has 1 fully saturated rings. The largest absolute Gasteiger partial charge is 0.325 e. The van der Waals surface area contributed by atoms with Gasteiger partial charge in [-0.3, -0.25) is 0 Å². The van der Waals surface area contributed by atoms with Crippen molar-refractivity contribution in [3.63, 3.8) is 0 Å². The highest BCUT2D eigenvalue weighted by molar-refractivity contribution is 5.89. The maximum Gasteiger partial charge on any atom is 0.321 e. The van der Waals surface area contributed by atoms with E-state index in [1.165, 1.54) is 12.1 Å². The number of urea groups is 1. The number of likely N-dealkylation sites (tertiary alicyclic amines) is 1. The molecule has 2 amide bonds. The Morgan fingerprint density at radius 3 is 2.47 bits per heavy atom. The Bertz CT molecular complexity index is 383. The van der Waals surface area contributed by atoms with Crippen LogP contribution in [0.25, 0.3) is 0 Å². The lowest BCUT2D eigenvalue weighted by Crippen LogP contribution is -2.40. The molecule has 1 aromatic carbocycles. The summed E-state index contributed by atoms with van der Waals surface area (Å²) in [5, 5.41) is 2.77.